The Kier molecular flexibility index (Phi) is 7.67. The minimum Gasteiger partial charge on any atom is -0.321 e. The Morgan fingerprint density at radius 2 is 1.83 bits per heavy atom. The van der Waals surface area contributed by atoms with Crippen molar-refractivity contribution in [2.45, 2.75) is 18.7 Å². The number of rotatable bonds is 3. The van der Waals surface area contributed by atoms with Gasteiger partial charge in [-0.2, -0.15) is 10.4 Å². The lowest BCUT2D eigenvalue weighted by Crippen LogP contribution is -2.33. The molecule has 0 saturated heterocycles. The van der Waals surface area contributed by atoms with Crippen LogP contribution < -0.4 is 17.1 Å². The van der Waals surface area contributed by atoms with Crippen LogP contribution in [0.2, 0.25) is 0 Å². The number of nitrogens with one attached hydrogen (secondary N) is 1. The lowest BCUT2D eigenvalue weighted by molar-refractivity contribution is 0.999. The van der Waals surface area contributed by atoms with Crippen LogP contribution in [0.5, 0.6) is 0 Å². The molecule has 0 fully saturated rings. The number of nitrogens with two attached hydrogens (primary N) is 2. The van der Waals surface area contributed by atoms with Gasteiger partial charge in [0.15, 0.2) is 5.84 Å². The fourth-order valence-corrected chi connectivity index (χ4v) is 2.71. The number of hydrogen-bond acceptors (Lipinski definition) is 5. The maximum absolute atomic E-state index is 8.88. The molecule has 0 bridgehead atoms. The average Bonchev–Trinajstić information content (AvgIpc) is 2.64. The first kappa shape index (κ1) is 18.6. The van der Waals surface area contributed by atoms with Crippen molar-refractivity contribution in [3.05, 3.63) is 53.6 Å². The van der Waals surface area contributed by atoms with E-state index in [0.29, 0.717) is 11.4 Å². The highest BCUT2D eigenvalue weighted by atomic mass is 32.2. The minimum atomic E-state index is 0.416. The molecule has 0 saturated carbocycles. The van der Waals surface area contributed by atoms with Gasteiger partial charge in [-0.3, -0.25) is 0 Å². The Bertz CT molecular complexity index is 702. The summed E-state index contributed by atoms with van der Waals surface area (Å²) in [4.78, 5) is 1.01. The van der Waals surface area contributed by atoms with E-state index in [1.165, 1.54) is 0 Å². The van der Waals surface area contributed by atoms with Gasteiger partial charge in [0.05, 0.1) is 11.6 Å². The first-order valence-electron chi connectivity index (χ1n) is 7.17. The van der Waals surface area contributed by atoms with E-state index in [4.69, 9.17) is 16.9 Å². The molecule has 0 aliphatic heterocycles. The third-order valence-corrected chi connectivity index (χ3v) is 3.85. The number of hydrogen-bond donors (Lipinski definition) is 3. The monoisotopic (exact) mass is 327 g/mol. The SMILES string of the molecule is CC.CSc1cccc(-c2ccc(C#N)cc2)c1/C(=N/N)NN. The van der Waals surface area contributed by atoms with E-state index in [-0.39, 0.29) is 0 Å². The Hall–Kier alpha value is -2.49. The predicted molar refractivity (Wildman–Crippen MR) is 97.8 cm³/mol. The fourth-order valence-electron chi connectivity index (χ4n) is 2.08. The van der Waals surface area contributed by atoms with Crippen LogP contribution in [0.4, 0.5) is 0 Å². The number of hydrazone groups is 1. The minimum absolute atomic E-state index is 0.416. The maximum atomic E-state index is 8.88. The van der Waals surface area contributed by atoms with Gasteiger partial charge in [-0.05, 0) is 35.6 Å². The highest BCUT2D eigenvalue weighted by molar-refractivity contribution is 7.98. The molecule has 23 heavy (non-hydrogen) atoms. The molecule has 2 aromatic carbocycles. The lowest BCUT2D eigenvalue weighted by Gasteiger charge is -2.15. The molecule has 0 aromatic heterocycles. The summed E-state index contributed by atoms with van der Waals surface area (Å²) in [7, 11) is 0. The van der Waals surface area contributed by atoms with Crippen molar-refractivity contribution in [3.8, 4) is 17.2 Å². The van der Waals surface area contributed by atoms with Gasteiger partial charge >= 0.3 is 0 Å². The lowest BCUT2D eigenvalue weighted by atomic mass is 9.98. The van der Waals surface area contributed by atoms with Gasteiger partial charge in [-0.15, -0.1) is 11.8 Å². The van der Waals surface area contributed by atoms with E-state index in [9.17, 15) is 0 Å². The average molecular weight is 327 g/mol. The van der Waals surface area contributed by atoms with Crippen molar-refractivity contribution in [3.63, 3.8) is 0 Å². The molecule has 0 heterocycles. The molecule has 0 radical (unpaired) electrons. The molecule has 0 aliphatic carbocycles. The van der Waals surface area contributed by atoms with Gasteiger partial charge in [0, 0.05) is 10.5 Å². The van der Waals surface area contributed by atoms with Crippen LogP contribution in [0.1, 0.15) is 25.0 Å². The quantitative estimate of drug-likeness (QED) is 0.264. The van der Waals surface area contributed by atoms with Crippen LogP contribution in [0.25, 0.3) is 11.1 Å². The molecule has 0 aliphatic rings. The third-order valence-electron chi connectivity index (χ3n) is 3.07. The Morgan fingerprint density at radius 1 is 1.17 bits per heavy atom. The normalized spacial score (nSPS) is 10.3. The zero-order chi connectivity index (χ0) is 17.2. The number of nitrogens with zero attached hydrogens (tertiary/aromatic N) is 2. The molecule has 2 aromatic rings. The summed E-state index contributed by atoms with van der Waals surface area (Å²) in [6.07, 6.45) is 1.98. The number of nitriles is 1. The molecule has 120 valence electrons. The Labute approximate surface area is 141 Å². The molecule has 6 heteroatoms. The van der Waals surface area contributed by atoms with Crippen LogP contribution in [-0.4, -0.2) is 12.1 Å². The van der Waals surface area contributed by atoms with Crippen LogP contribution >= 0.6 is 11.8 Å². The summed E-state index contributed by atoms with van der Waals surface area (Å²) in [6, 6.07) is 15.4. The van der Waals surface area contributed by atoms with Crippen molar-refractivity contribution in [1.29, 1.82) is 5.26 Å². The first-order valence-corrected chi connectivity index (χ1v) is 8.40. The Morgan fingerprint density at radius 3 is 2.30 bits per heavy atom. The van der Waals surface area contributed by atoms with Crippen molar-refractivity contribution < 1.29 is 0 Å². The van der Waals surface area contributed by atoms with E-state index >= 15 is 0 Å². The van der Waals surface area contributed by atoms with Crippen LogP contribution in [0, 0.1) is 11.3 Å². The molecule has 5 N–H and O–H groups in total. The summed E-state index contributed by atoms with van der Waals surface area (Å²) >= 11 is 1.59. The second kappa shape index (κ2) is 9.51. The smallest absolute Gasteiger partial charge is 0.168 e. The second-order valence-electron chi connectivity index (χ2n) is 4.19. The maximum Gasteiger partial charge on any atom is 0.168 e. The fraction of sp³-hybridized carbons (Fsp3) is 0.176. The van der Waals surface area contributed by atoms with Crippen molar-refractivity contribution in [1.82, 2.24) is 5.43 Å². The molecule has 0 atom stereocenters. The molecule has 5 nitrogen and oxygen atoms in total. The van der Waals surface area contributed by atoms with E-state index in [1.54, 1.807) is 23.9 Å². The zero-order valence-corrected chi connectivity index (χ0v) is 14.3. The highest BCUT2D eigenvalue weighted by Gasteiger charge is 2.15. The predicted octanol–water partition coefficient (Wildman–Crippen LogP) is 3.06. The topological polar surface area (TPSA) is 100 Å². The van der Waals surface area contributed by atoms with E-state index in [2.05, 4.69) is 16.6 Å². The van der Waals surface area contributed by atoms with Crippen molar-refractivity contribution in [2.75, 3.05) is 6.26 Å². The van der Waals surface area contributed by atoms with Gasteiger partial charge < -0.3 is 11.3 Å². The van der Waals surface area contributed by atoms with Gasteiger partial charge in [0.25, 0.3) is 0 Å². The van der Waals surface area contributed by atoms with E-state index in [1.807, 2.05) is 50.4 Å². The highest BCUT2D eigenvalue weighted by Crippen LogP contribution is 2.31. The third kappa shape index (κ3) is 4.25. The number of hydrazine groups is 1. The van der Waals surface area contributed by atoms with Crippen LogP contribution in [0.3, 0.4) is 0 Å². The van der Waals surface area contributed by atoms with Crippen molar-refractivity contribution in [2.24, 2.45) is 16.8 Å². The largest absolute Gasteiger partial charge is 0.321 e. The molecule has 2 rings (SSSR count). The van der Waals surface area contributed by atoms with Crippen molar-refractivity contribution >= 4 is 17.6 Å². The van der Waals surface area contributed by atoms with Crippen LogP contribution in [-0.2, 0) is 0 Å². The summed E-state index contributed by atoms with van der Waals surface area (Å²) in [5.74, 6) is 11.4. The number of amidine groups is 1. The molecule has 0 unspecified atom stereocenters. The molecular weight excluding hydrogens is 306 g/mol. The van der Waals surface area contributed by atoms with Gasteiger partial charge in [-0.25, -0.2) is 5.84 Å². The summed E-state index contributed by atoms with van der Waals surface area (Å²) < 4.78 is 0. The molecule has 0 spiro atoms. The summed E-state index contributed by atoms with van der Waals surface area (Å²) in [6.45, 7) is 4.00. The molecule has 0 amide bonds. The van der Waals surface area contributed by atoms with E-state index < -0.39 is 0 Å². The van der Waals surface area contributed by atoms with Crippen LogP contribution in [0.15, 0.2) is 52.5 Å². The summed E-state index contributed by atoms with van der Waals surface area (Å²) in [5.41, 5.74) is 5.92. The van der Waals surface area contributed by atoms with Gasteiger partial charge in [0.1, 0.15) is 0 Å². The van der Waals surface area contributed by atoms with E-state index in [0.717, 1.165) is 21.6 Å². The first-order chi connectivity index (χ1) is 11.2. The van der Waals surface area contributed by atoms with Gasteiger partial charge in [-0.1, -0.05) is 38.1 Å². The Balaban J connectivity index is 0.00000127. The number of benzene rings is 2. The number of thioether (sulfide) groups is 1. The molecular formula is C17H21N5S. The standard InChI is InChI=1S/C15H15N5S.C2H6/c1-21-13-4-2-3-12(14(13)15(19-17)20-18)11-7-5-10(9-16)6-8-11;1-2/h2-8H,17-18H2,1H3,(H,19,20);1-2H3. The van der Waals surface area contributed by atoms with Gasteiger partial charge in [0.2, 0.25) is 0 Å². The zero-order valence-electron chi connectivity index (χ0n) is 13.5. The summed E-state index contributed by atoms with van der Waals surface area (Å²) in [5, 5.41) is 12.6. The second-order valence-corrected chi connectivity index (χ2v) is 5.04.